The molecular weight excluding hydrogens is 1150 g/mol. The molecule has 4 aliphatic rings. The summed E-state index contributed by atoms with van der Waals surface area (Å²) in [5, 5.41) is 48.7. The number of carboxylic acids is 3. The zero-order chi connectivity index (χ0) is 63.6. The van der Waals surface area contributed by atoms with Crippen molar-refractivity contribution in [1.29, 1.82) is 0 Å². The Morgan fingerprint density at radius 1 is 0.724 bits per heavy atom. The fourth-order valence-electron chi connectivity index (χ4n) is 11.6. The Hall–Kier alpha value is -9.34. The summed E-state index contributed by atoms with van der Waals surface area (Å²) in [4.78, 5) is 55.3. The number of hydrogen-bond acceptors (Lipinski definition) is 15. The van der Waals surface area contributed by atoms with E-state index >= 15 is 0 Å². The molecule has 8 rings (SSSR count). The average molecular weight is 1210 g/mol. The number of hydrogen-bond donors (Lipinski definition) is 5. The second kappa shape index (κ2) is 24.9. The van der Waals surface area contributed by atoms with Crippen LogP contribution in [-0.4, -0.2) is 85.9 Å². The van der Waals surface area contributed by atoms with E-state index < -0.39 is 66.2 Å². The van der Waals surface area contributed by atoms with Crippen molar-refractivity contribution in [1.82, 2.24) is 5.32 Å². The minimum Gasteiger partial charge on any atom is -0.744 e. The number of amides is 1. The van der Waals surface area contributed by atoms with E-state index in [2.05, 4.69) is 57.9 Å². The third-order valence-corrected chi connectivity index (χ3v) is 17.2. The summed E-state index contributed by atoms with van der Waals surface area (Å²) in [6.45, 7) is 22.1. The van der Waals surface area contributed by atoms with E-state index in [9.17, 15) is 47.5 Å². The van der Waals surface area contributed by atoms with Gasteiger partial charge in [-0.2, -0.15) is 4.58 Å². The fraction of sp³-hybridized carbons (Fsp3) is 0.242. The van der Waals surface area contributed by atoms with Gasteiger partial charge in [0.05, 0.1) is 39.4 Å². The lowest BCUT2D eigenvalue weighted by atomic mass is 9.80. The van der Waals surface area contributed by atoms with Crippen LogP contribution in [0.4, 0.5) is 22.7 Å². The average Bonchev–Trinajstić information content (AvgIpc) is 1.96. The number of rotatable bonds is 20. The van der Waals surface area contributed by atoms with Gasteiger partial charge in [0.2, 0.25) is 17.9 Å². The molecule has 6 N–H and O–H groups in total. The number of nitrogens with two attached hydrogens (primary N) is 1. The number of carboxylic acid groups (broad SMARTS) is 3. The van der Waals surface area contributed by atoms with Gasteiger partial charge < -0.3 is 45.5 Å². The zero-order valence-electron chi connectivity index (χ0n) is 48.9. The maximum Gasteiger partial charge on any atom is 0.370 e. The summed E-state index contributed by atoms with van der Waals surface area (Å²) in [7, 11) is -4.89. The molecule has 1 amide bonds. The highest BCUT2D eigenvalue weighted by Crippen LogP contribution is 2.51. The SMILES string of the molecule is C=C=C=C=C(C(=O)[O-])N1/C(=C/C=C/C=C/C2=[N+](C(=C=C=C=C)C(=O)NCc3ccc4c(c3)C(C)(C)/C(=C\C=C\C3=[N+](CC(=O)O)c5ccc(CN)cc5C3(C)C)N4CC(=O)O)c3ccc(SOOO)cc3C2(C)C)C(C)(C)c2cc(S(=O)(=O)[O-])ccc21. The molecule has 4 aromatic rings. The molecule has 446 valence electrons. The monoisotopic (exact) mass is 1210 g/mol. The van der Waals surface area contributed by atoms with Crippen LogP contribution < -0.4 is 26.0 Å². The number of benzene rings is 4. The third-order valence-electron chi connectivity index (χ3n) is 15.8. The Labute approximate surface area is 507 Å². The van der Waals surface area contributed by atoms with Crippen LogP contribution in [0.1, 0.15) is 88.8 Å². The summed E-state index contributed by atoms with van der Waals surface area (Å²) < 4.78 is 44.6. The normalized spacial score (nSPS) is 17.4. The topological polar surface area (TPSA) is 278 Å². The molecule has 21 heteroatoms. The van der Waals surface area contributed by atoms with E-state index in [0.717, 1.165) is 51.8 Å². The van der Waals surface area contributed by atoms with Gasteiger partial charge in [-0.3, -0.25) is 9.59 Å². The molecule has 0 aliphatic carbocycles. The van der Waals surface area contributed by atoms with Crippen molar-refractivity contribution >= 4 is 80.1 Å². The first-order valence-electron chi connectivity index (χ1n) is 27.0. The van der Waals surface area contributed by atoms with Crippen molar-refractivity contribution in [2.24, 2.45) is 5.73 Å². The molecule has 0 unspecified atom stereocenters. The number of carbonyl (C=O) groups excluding carboxylic acids is 2. The van der Waals surface area contributed by atoms with Crippen LogP contribution in [0.25, 0.3) is 0 Å². The lowest BCUT2D eigenvalue weighted by molar-refractivity contribution is -0.432. The van der Waals surface area contributed by atoms with Gasteiger partial charge in [-0.1, -0.05) is 86.7 Å². The van der Waals surface area contributed by atoms with Crippen LogP contribution >= 0.6 is 12.0 Å². The molecule has 19 nitrogen and oxygen atoms in total. The van der Waals surface area contributed by atoms with E-state index in [-0.39, 0.29) is 31.0 Å². The van der Waals surface area contributed by atoms with Gasteiger partial charge in [-0.25, -0.2) is 18.5 Å². The van der Waals surface area contributed by atoms with E-state index in [0.29, 0.717) is 51.0 Å². The zero-order valence-corrected chi connectivity index (χ0v) is 50.5. The maximum absolute atomic E-state index is 14.9. The molecule has 0 radical (unpaired) electrons. The highest BCUT2D eigenvalue weighted by Gasteiger charge is 2.49. The minimum atomic E-state index is -4.89. The molecule has 4 heterocycles. The second-order valence-electron chi connectivity index (χ2n) is 22.6. The summed E-state index contributed by atoms with van der Waals surface area (Å²) in [6, 6.07) is 20.2. The van der Waals surface area contributed by atoms with E-state index in [1.165, 1.54) is 17.0 Å². The number of allylic oxidation sites excluding steroid dienone is 10. The number of anilines is 2. The Bertz CT molecular complexity index is 4250. The Morgan fingerprint density at radius 2 is 1.33 bits per heavy atom. The van der Waals surface area contributed by atoms with E-state index in [4.69, 9.17) is 15.3 Å². The Balaban J connectivity index is 1.14. The van der Waals surface area contributed by atoms with Crippen molar-refractivity contribution in [2.75, 3.05) is 22.9 Å². The Morgan fingerprint density at radius 3 is 1.99 bits per heavy atom. The van der Waals surface area contributed by atoms with Crippen LogP contribution in [-0.2, 0) is 73.4 Å². The van der Waals surface area contributed by atoms with Gasteiger partial charge in [0.25, 0.3) is 0 Å². The summed E-state index contributed by atoms with van der Waals surface area (Å²) >= 11 is 0.749. The van der Waals surface area contributed by atoms with Crippen molar-refractivity contribution in [3.63, 3.8) is 0 Å². The van der Waals surface area contributed by atoms with Crippen molar-refractivity contribution in [2.45, 2.75) is 99.9 Å². The molecule has 0 aromatic heterocycles. The van der Waals surface area contributed by atoms with Crippen molar-refractivity contribution in [3.8, 4) is 0 Å². The van der Waals surface area contributed by atoms with Crippen molar-refractivity contribution in [3.05, 3.63) is 225 Å². The number of nitrogens with zero attached hydrogens (tertiary/aromatic N) is 4. The molecule has 0 saturated carbocycles. The summed E-state index contributed by atoms with van der Waals surface area (Å²) in [5.41, 5.74) is 26.6. The fourth-order valence-corrected chi connectivity index (χ4v) is 12.5. The highest BCUT2D eigenvalue weighted by molar-refractivity contribution is 7.94. The minimum absolute atomic E-state index is 0.00278. The maximum atomic E-state index is 14.9. The van der Waals surface area contributed by atoms with Gasteiger partial charge in [0.1, 0.15) is 22.4 Å². The molecule has 0 spiro atoms. The van der Waals surface area contributed by atoms with Crippen LogP contribution in [0.5, 0.6) is 0 Å². The molecule has 87 heavy (non-hydrogen) atoms. The standard InChI is InChI=1S/C66H62N6O13S2/c1-11-13-19-53(61(77)68-38-42-26-30-50-46(34-42)64(5,6)56(70(50)40-60(75)76)24-18-23-55-63(3,4)45-33-41(37-67)25-29-49(45)69(55)39-59(73)74)71-51-31-27-43(86-85-84-80)35-47(51)65(7,8)57(71)21-16-15-17-22-58-66(9,10)48-36-44(87(81,82)83)28-32-52(48)72(58)54(62(78)79)20-14-12-2/h15-18,21-36H,1-2,37-40,67H2,3-10H3,(H4-2,68,73,74,75,76,77,78,79,80,81,82,83). The molecule has 4 aliphatic heterocycles. The number of fused-ring (bicyclic) bond motifs is 4. The van der Waals surface area contributed by atoms with E-state index in [1.54, 1.807) is 76.5 Å². The third kappa shape index (κ3) is 12.4. The molecule has 0 bridgehead atoms. The molecular formula is C66H62N6O13S2. The molecule has 0 atom stereocenters. The van der Waals surface area contributed by atoms with Gasteiger partial charge in [0, 0.05) is 87.0 Å². The summed E-state index contributed by atoms with van der Waals surface area (Å²) in [6.07, 6.45) is 13.9. The van der Waals surface area contributed by atoms with Crippen LogP contribution in [0.2, 0.25) is 0 Å². The quantitative estimate of drug-likeness (QED) is 0.00811. The van der Waals surface area contributed by atoms with Crippen LogP contribution in [0, 0.1) is 0 Å². The van der Waals surface area contributed by atoms with Crippen LogP contribution in [0.3, 0.4) is 0 Å². The molecule has 0 fully saturated rings. The lowest BCUT2D eigenvalue weighted by Crippen LogP contribution is -2.35. The smallest absolute Gasteiger partial charge is 0.370 e. The number of aliphatic carboxylic acids is 3. The number of nitrogens with one attached hydrogen (secondary N) is 1. The van der Waals surface area contributed by atoms with Gasteiger partial charge >= 0.3 is 23.5 Å². The Kier molecular flexibility index (Phi) is 18.3. The molecule has 4 aromatic carbocycles. The largest absolute Gasteiger partial charge is 0.744 e. The van der Waals surface area contributed by atoms with Crippen LogP contribution in [0.15, 0.2) is 202 Å². The number of carbonyl (C=O) groups is 4. The predicted molar refractivity (Wildman–Crippen MR) is 324 cm³/mol. The van der Waals surface area contributed by atoms with Crippen molar-refractivity contribution < 1.29 is 71.2 Å². The highest BCUT2D eigenvalue weighted by atomic mass is 32.2. The first kappa shape index (κ1) is 63.7. The van der Waals surface area contributed by atoms with Gasteiger partial charge in [-0.05, 0) is 135 Å². The van der Waals surface area contributed by atoms with E-state index in [1.807, 2.05) is 96.2 Å². The lowest BCUT2D eigenvalue weighted by Gasteiger charge is -2.28. The predicted octanol–water partition coefficient (Wildman–Crippen LogP) is 8.46. The summed E-state index contributed by atoms with van der Waals surface area (Å²) in [5.74, 6) is -4.29. The molecule has 0 saturated heterocycles. The first-order valence-corrected chi connectivity index (χ1v) is 29.2. The second-order valence-corrected chi connectivity index (χ2v) is 24.7. The first-order chi connectivity index (χ1) is 41.0. The van der Waals surface area contributed by atoms with Gasteiger partial charge in [0.15, 0.2) is 11.4 Å². The van der Waals surface area contributed by atoms with Gasteiger partial charge in [-0.15, -0.1) is 8.91 Å².